The normalized spacial score (nSPS) is 12.1. The van der Waals surface area contributed by atoms with E-state index >= 15 is 0 Å². The lowest BCUT2D eigenvalue weighted by molar-refractivity contribution is -0.113. The number of fused-ring (bicyclic) bond motifs is 1. The maximum absolute atomic E-state index is 14.3. The van der Waals surface area contributed by atoms with Crippen LogP contribution in [0.1, 0.15) is 31.0 Å². The lowest BCUT2D eigenvalue weighted by Gasteiger charge is -2.13. The van der Waals surface area contributed by atoms with Gasteiger partial charge in [0.2, 0.25) is 11.9 Å². The SMILES string of the molecule is CC(C)n1c(N)nc2ccc(C(=CC(N)=O)c3cccc(F)c3F)cc21. The molecule has 1 amide bonds. The van der Waals surface area contributed by atoms with Crippen molar-refractivity contribution < 1.29 is 13.6 Å². The summed E-state index contributed by atoms with van der Waals surface area (Å²) in [5.41, 5.74) is 13.3. The van der Waals surface area contributed by atoms with Crippen LogP contribution in [0.3, 0.4) is 0 Å². The third-order valence-electron chi connectivity index (χ3n) is 4.07. The van der Waals surface area contributed by atoms with E-state index in [0.29, 0.717) is 17.0 Å². The summed E-state index contributed by atoms with van der Waals surface area (Å²) in [6.07, 6.45) is 1.08. The van der Waals surface area contributed by atoms with Gasteiger partial charge in [-0.1, -0.05) is 18.2 Å². The average molecular weight is 356 g/mol. The summed E-state index contributed by atoms with van der Waals surface area (Å²) in [6.45, 7) is 3.91. The van der Waals surface area contributed by atoms with Gasteiger partial charge < -0.3 is 16.0 Å². The molecule has 7 heteroatoms. The van der Waals surface area contributed by atoms with E-state index in [2.05, 4.69) is 4.98 Å². The van der Waals surface area contributed by atoms with Gasteiger partial charge in [-0.2, -0.15) is 0 Å². The Bertz CT molecular complexity index is 1040. The molecule has 0 aliphatic carbocycles. The Morgan fingerprint density at radius 2 is 1.96 bits per heavy atom. The number of carbonyl (C=O) groups excluding carboxylic acids is 1. The highest BCUT2D eigenvalue weighted by molar-refractivity contribution is 5.99. The monoisotopic (exact) mass is 356 g/mol. The van der Waals surface area contributed by atoms with Crippen molar-refractivity contribution in [1.29, 1.82) is 0 Å². The van der Waals surface area contributed by atoms with Crippen LogP contribution in [-0.4, -0.2) is 15.5 Å². The van der Waals surface area contributed by atoms with Crippen molar-refractivity contribution >= 4 is 28.5 Å². The summed E-state index contributed by atoms with van der Waals surface area (Å²) in [5, 5.41) is 0. The first-order valence-electron chi connectivity index (χ1n) is 8.03. The fraction of sp³-hybridized carbons (Fsp3) is 0.158. The van der Waals surface area contributed by atoms with Crippen LogP contribution in [0.4, 0.5) is 14.7 Å². The predicted molar refractivity (Wildman–Crippen MR) is 97.2 cm³/mol. The summed E-state index contributed by atoms with van der Waals surface area (Å²) >= 11 is 0. The van der Waals surface area contributed by atoms with Crippen molar-refractivity contribution in [2.45, 2.75) is 19.9 Å². The van der Waals surface area contributed by atoms with E-state index in [0.717, 1.165) is 17.7 Å². The number of rotatable bonds is 4. The standard InChI is InChI=1S/C19H18F2N4O/c1-10(2)25-16-8-11(6-7-15(16)24-19(25)23)13(9-17(22)26)12-4-3-5-14(20)18(12)21/h3-10H,1-2H3,(H2,22,26)(H2,23,24). The maximum atomic E-state index is 14.3. The number of primary amides is 1. The molecule has 0 aliphatic rings. The summed E-state index contributed by atoms with van der Waals surface area (Å²) < 4.78 is 29.8. The van der Waals surface area contributed by atoms with E-state index in [1.54, 1.807) is 18.2 Å². The van der Waals surface area contributed by atoms with Crippen LogP contribution >= 0.6 is 0 Å². The molecule has 5 nitrogen and oxygen atoms in total. The predicted octanol–water partition coefficient (Wildman–Crippen LogP) is 3.39. The Balaban J connectivity index is 2.27. The molecule has 0 saturated carbocycles. The number of benzene rings is 2. The number of nitrogens with zero attached hydrogens (tertiary/aromatic N) is 2. The molecule has 2 aromatic carbocycles. The number of hydrogen-bond donors (Lipinski definition) is 2. The van der Waals surface area contributed by atoms with Gasteiger partial charge in [-0.25, -0.2) is 13.8 Å². The Kier molecular flexibility index (Phi) is 4.46. The molecule has 0 fully saturated rings. The van der Waals surface area contributed by atoms with E-state index in [1.807, 2.05) is 18.4 Å². The van der Waals surface area contributed by atoms with Gasteiger partial charge in [0.05, 0.1) is 11.0 Å². The molecule has 0 bridgehead atoms. The Morgan fingerprint density at radius 1 is 1.23 bits per heavy atom. The molecule has 0 unspecified atom stereocenters. The molecule has 0 atom stereocenters. The van der Waals surface area contributed by atoms with Crippen molar-refractivity contribution in [2.75, 3.05) is 5.73 Å². The van der Waals surface area contributed by atoms with E-state index < -0.39 is 17.5 Å². The van der Waals surface area contributed by atoms with Crippen molar-refractivity contribution in [3.8, 4) is 0 Å². The van der Waals surface area contributed by atoms with Crippen molar-refractivity contribution in [1.82, 2.24) is 9.55 Å². The number of hydrogen-bond acceptors (Lipinski definition) is 3. The van der Waals surface area contributed by atoms with E-state index in [-0.39, 0.29) is 17.2 Å². The zero-order chi connectivity index (χ0) is 19.0. The average Bonchev–Trinajstić information content (AvgIpc) is 2.90. The van der Waals surface area contributed by atoms with Crippen LogP contribution in [0, 0.1) is 11.6 Å². The minimum absolute atomic E-state index is 0.0460. The highest BCUT2D eigenvalue weighted by atomic mass is 19.2. The number of halogens is 2. The van der Waals surface area contributed by atoms with Crippen LogP contribution in [0.15, 0.2) is 42.5 Å². The lowest BCUT2D eigenvalue weighted by atomic mass is 9.96. The Labute approximate surface area is 148 Å². The molecular formula is C19H18F2N4O. The smallest absolute Gasteiger partial charge is 0.242 e. The van der Waals surface area contributed by atoms with Crippen molar-refractivity contribution in [3.63, 3.8) is 0 Å². The third-order valence-corrected chi connectivity index (χ3v) is 4.07. The Morgan fingerprint density at radius 3 is 2.62 bits per heavy atom. The number of imidazole rings is 1. The fourth-order valence-electron chi connectivity index (χ4n) is 2.99. The molecule has 0 spiro atoms. The molecule has 0 radical (unpaired) electrons. The fourth-order valence-corrected chi connectivity index (χ4v) is 2.99. The van der Waals surface area contributed by atoms with Gasteiger partial charge in [0.1, 0.15) is 0 Å². The van der Waals surface area contributed by atoms with Gasteiger partial charge in [0.25, 0.3) is 0 Å². The molecule has 4 N–H and O–H groups in total. The van der Waals surface area contributed by atoms with Crippen LogP contribution in [0.5, 0.6) is 0 Å². The number of nitrogens with two attached hydrogens (primary N) is 2. The highest BCUT2D eigenvalue weighted by Gasteiger charge is 2.17. The second-order valence-electron chi connectivity index (χ2n) is 6.20. The largest absolute Gasteiger partial charge is 0.369 e. The van der Waals surface area contributed by atoms with Gasteiger partial charge in [-0.15, -0.1) is 0 Å². The van der Waals surface area contributed by atoms with Gasteiger partial charge in [-0.3, -0.25) is 4.79 Å². The first-order valence-corrected chi connectivity index (χ1v) is 8.03. The van der Waals surface area contributed by atoms with Crippen molar-refractivity contribution in [3.05, 3.63) is 65.2 Å². The van der Waals surface area contributed by atoms with E-state index in [1.165, 1.54) is 12.1 Å². The number of nitrogen functional groups attached to an aromatic ring is 1. The molecule has 0 saturated heterocycles. The van der Waals surface area contributed by atoms with Crippen LogP contribution < -0.4 is 11.5 Å². The minimum Gasteiger partial charge on any atom is -0.369 e. The first kappa shape index (κ1) is 17.6. The molecule has 0 aliphatic heterocycles. The minimum atomic E-state index is -1.04. The molecule has 1 aromatic heterocycles. The van der Waals surface area contributed by atoms with Crippen LogP contribution in [-0.2, 0) is 4.79 Å². The van der Waals surface area contributed by atoms with E-state index in [9.17, 15) is 13.6 Å². The Hall–Kier alpha value is -3.22. The van der Waals surface area contributed by atoms with Gasteiger partial charge >= 0.3 is 0 Å². The zero-order valence-corrected chi connectivity index (χ0v) is 14.3. The summed E-state index contributed by atoms with van der Waals surface area (Å²) in [5.74, 6) is -2.46. The topological polar surface area (TPSA) is 86.9 Å². The third kappa shape index (κ3) is 3.03. The summed E-state index contributed by atoms with van der Waals surface area (Å²) in [6, 6.07) is 8.94. The van der Waals surface area contributed by atoms with Crippen LogP contribution in [0.2, 0.25) is 0 Å². The molecular weight excluding hydrogens is 338 g/mol. The maximum Gasteiger partial charge on any atom is 0.242 e. The highest BCUT2D eigenvalue weighted by Crippen LogP contribution is 2.31. The molecule has 1 heterocycles. The van der Waals surface area contributed by atoms with Crippen molar-refractivity contribution in [2.24, 2.45) is 5.73 Å². The molecule has 134 valence electrons. The number of anilines is 1. The van der Waals surface area contributed by atoms with Gasteiger partial charge in [-0.05, 0) is 43.2 Å². The van der Waals surface area contributed by atoms with Gasteiger partial charge in [0, 0.05) is 17.7 Å². The quantitative estimate of drug-likeness (QED) is 0.703. The zero-order valence-electron chi connectivity index (χ0n) is 14.3. The molecule has 26 heavy (non-hydrogen) atoms. The van der Waals surface area contributed by atoms with E-state index in [4.69, 9.17) is 11.5 Å². The van der Waals surface area contributed by atoms with Crippen LogP contribution in [0.25, 0.3) is 16.6 Å². The number of amides is 1. The summed E-state index contributed by atoms with van der Waals surface area (Å²) in [4.78, 5) is 15.8. The number of carbonyl (C=O) groups is 1. The number of aromatic nitrogens is 2. The second kappa shape index (κ2) is 6.59. The first-order chi connectivity index (χ1) is 12.3. The lowest BCUT2D eigenvalue weighted by Crippen LogP contribution is -2.08. The molecule has 3 rings (SSSR count). The molecule has 3 aromatic rings. The summed E-state index contributed by atoms with van der Waals surface area (Å²) in [7, 11) is 0. The van der Waals surface area contributed by atoms with Gasteiger partial charge in [0.15, 0.2) is 11.6 Å². The second-order valence-corrected chi connectivity index (χ2v) is 6.20.